The second kappa shape index (κ2) is 7.96. The molecule has 0 spiro atoms. The van der Waals surface area contributed by atoms with E-state index in [0.29, 0.717) is 17.5 Å². The molecule has 1 fully saturated rings. The van der Waals surface area contributed by atoms with E-state index in [9.17, 15) is 9.59 Å². The van der Waals surface area contributed by atoms with Gasteiger partial charge in [0.05, 0.1) is 0 Å². The van der Waals surface area contributed by atoms with Gasteiger partial charge in [-0.05, 0) is 30.2 Å². The highest BCUT2D eigenvalue weighted by Gasteiger charge is 2.18. The van der Waals surface area contributed by atoms with Crippen LogP contribution < -0.4 is 10.6 Å². The van der Waals surface area contributed by atoms with Gasteiger partial charge in [0.25, 0.3) is 0 Å². The molecule has 1 aliphatic carbocycles. The smallest absolute Gasteiger partial charge is 0.321 e. The Labute approximate surface area is 127 Å². The van der Waals surface area contributed by atoms with Crippen molar-refractivity contribution in [2.24, 2.45) is 0 Å². The molecule has 0 bridgehead atoms. The summed E-state index contributed by atoms with van der Waals surface area (Å²) in [6.45, 7) is 2.63. The molecule has 0 saturated heterocycles. The number of hydrogen-bond donors (Lipinski definition) is 2. The van der Waals surface area contributed by atoms with Gasteiger partial charge in [-0.3, -0.25) is 10.1 Å². The molecule has 1 saturated carbocycles. The quantitative estimate of drug-likeness (QED) is 0.758. The average molecular weight is 312 g/mol. The van der Waals surface area contributed by atoms with E-state index >= 15 is 0 Å². The number of urea groups is 1. The summed E-state index contributed by atoms with van der Waals surface area (Å²) in [7, 11) is 0. The van der Waals surface area contributed by atoms with Gasteiger partial charge in [0.2, 0.25) is 11.1 Å². The highest BCUT2D eigenvalue weighted by atomic mass is 32.2. The molecule has 116 valence electrons. The summed E-state index contributed by atoms with van der Waals surface area (Å²) in [5.74, 6) is 0.247. The molecule has 21 heavy (non-hydrogen) atoms. The van der Waals surface area contributed by atoms with Gasteiger partial charge in [-0.2, -0.15) is 0 Å². The number of imide groups is 1. The normalized spacial score (nSPS) is 15.1. The lowest BCUT2D eigenvalue weighted by molar-refractivity contribution is -0.119. The van der Waals surface area contributed by atoms with Crippen molar-refractivity contribution in [3.8, 4) is 0 Å². The van der Waals surface area contributed by atoms with Crippen LogP contribution in [0.5, 0.6) is 0 Å². The van der Waals surface area contributed by atoms with Crippen LogP contribution in [-0.2, 0) is 11.3 Å². The zero-order valence-corrected chi connectivity index (χ0v) is 12.9. The predicted molar refractivity (Wildman–Crippen MR) is 77.8 cm³/mol. The van der Waals surface area contributed by atoms with Gasteiger partial charge < -0.3 is 5.32 Å². The first-order valence-corrected chi connectivity index (χ1v) is 8.17. The summed E-state index contributed by atoms with van der Waals surface area (Å²) in [6.07, 6.45) is 4.52. The van der Waals surface area contributed by atoms with Gasteiger partial charge in [0, 0.05) is 24.8 Å². The van der Waals surface area contributed by atoms with Gasteiger partial charge in [0.1, 0.15) is 0 Å². The van der Waals surface area contributed by atoms with Crippen molar-refractivity contribution in [3.63, 3.8) is 0 Å². The first kappa shape index (κ1) is 15.7. The number of thioether (sulfide) groups is 1. The molecule has 9 heteroatoms. The highest BCUT2D eigenvalue weighted by Crippen LogP contribution is 2.17. The van der Waals surface area contributed by atoms with Gasteiger partial charge in [0.15, 0.2) is 0 Å². The lowest BCUT2D eigenvalue weighted by Crippen LogP contribution is -2.43. The number of nitrogens with one attached hydrogen (secondary N) is 2. The van der Waals surface area contributed by atoms with Gasteiger partial charge in [-0.15, -0.1) is 5.10 Å². The van der Waals surface area contributed by atoms with Gasteiger partial charge in [-0.1, -0.05) is 24.6 Å². The third-order valence-corrected chi connectivity index (χ3v) is 4.26. The Morgan fingerprint density at radius 3 is 2.86 bits per heavy atom. The van der Waals surface area contributed by atoms with Crippen molar-refractivity contribution in [2.45, 2.75) is 56.8 Å². The fourth-order valence-electron chi connectivity index (χ4n) is 2.21. The SMILES string of the molecule is CCn1nnnc1SCCC(=O)NC(=O)NC1CCCC1. The Bertz CT molecular complexity index is 486. The van der Waals surface area contributed by atoms with E-state index in [2.05, 4.69) is 26.2 Å². The zero-order chi connectivity index (χ0) is 15.1. The Morgan fingerprint density at radius 2 is 2.14 bits per heavy atom. The number of hydrogen-bond acceptors (Lipinski definition) is 6. The van der Waals surface area contributed by atoms with E-state index < -0.39 is 6.03 Å². The number of aromatic nitrogens is 4. The number of nitrogens with zero attached hydrogens (tertiary/aromatic N) is 4. The molecule has 0 unspecified atom stereocenters. The predicted octanol–water partition coefficient (Wildman–Crippen LogP) is 0.944. The first-order chi connectivity index (χ1) is 10.2. The zero-order valence-electron chi connectivity index (χ0n) is 12.0. The van der Waals surface area contributed by atoms with Crippen molar-refractivity contribution in [2.75, 3.05) is 5.75 Å². The molecule has 1 aromatic rings. The molecule has 1 aromatic heterocycles. The third kappa shape index (κ3) is 5.00. The molecule has 8 nitrogen and oxygen atoms in total. The van der Waals surface area contributed by atoms with Crippen LogP contribution in [0.3, 0.4) is 0 Å². The molecular weight excluding hydrogens is 292 g/mol. The second-order valence-electron chi connectivity index (χ2n) is 4.88. The Kier molecular flexibility index (Phi) is 5.97. The molecule has 3 amide bonds. The molecule has 1 heterocycles. The van der Waals surface area contributed by atoms with Crippen LogP contribution in [0.1, 0.15) is 39.0 Å². The number of carbonyl (C=O) groups is 2. The number of aryl methyl sites for hydroxylation is 1. The molecule has 0 aliphatic heterocycles. The van der Waals surface area contributed by atoms with Crippen molar-refractivity contribution < 1.29 is 9.59 Å². The summed E-state index contributed by atoms with van der Waals surface area (Å²) < 4.78 is 1.66. The molecule has 2 rings (SSSR count). The van der Waals surface area contributed by atoms with Crippen LogP contribution in [0, 0.1) is 0 Å². The number of rotatable bonds is 6. The third-order valence-electron chi connectivity index (χ3n) is 3.30. The molecule has 0 atom stereocenters. The topological polar surface area (TPSA) is 102 Å². The summed E-state index contributed by atoms with van der Waals surface area (Å²) in [5, 5.41) is 17.1. The lowest BCUT2D eigenvalue weighted by Gasteiger charge is -2.12. The molecular formula is C12H20N6O2S. The number of tetrazole rings is 1. The van der Waals surface area contributed by atoms with E-state index in [0.717, 1.165) is 25.7 Å². The largest absolute Gasteiger partial charge is 0.335 e. The van der Waals surface area contributed by atoms with E-state index in [4.69, 9.17) is 0 Å². The molecule has 0 aromatic carbocycles. The maximum absolute atomic E-state index is 11.7. The van der Waals surface area contributed by atoms with Crippen molar-refractivity contribution in [3.05, 3.63) is 0 Å². The fraction of sp³-hybridized carbons (Fsp3) is 0.750. The van der Waals surface area contributed by atoms with Crippen molar-refractivity contribution in [1.29, 1.82) is 0 Å². The van der Waals surface area contributed by atoms with Gasteiger partial charge in [-0.25, -0.2) is 9.48 Å². The van der Waals surface area contributed by atoms with E-state index in [1.807, 2.05) is 6.92 Å². The maximum Gasteiger partial charge on any atom is 0.321 e. The van der Waals surface area contributed by atoms with Gasteiger partial charge >= 0.3 is 6.03 Å². The molecule has 2 N–H and O–H groups in total. The summed E-state index contributed by atoms with van der Waals surface area (Å²) >= 11 is 1.40. The summed E-state index contributed by atoms with van der Waals surface area (Å²) in [5.41, 5.74) is 0. The van der Waals surface area contributed by atoms with E-state index in [-0.39, 0.29) is 18.4 Å². The average Bonchev–Trinajstić information content (AvgIpc) is 3.09. The second-order valence-corrected chi connectivity index (χ2v) is 5.94. The van der Waals surface area contributed by atoms with Crippen LogP contribution in [0.25, 0.3) is 0 Å². The van der Waals surface area contributed by atoms with E-state index in [1.165, 1.54) is 11.8 Å². The number of amides is 3. The first-order valence-electron chi connectivity index (χ1n) is 7.18. The molecule has 1 aliphatic rings. The fourth-order valence-corrected chi connectivity index (χ4v) is 3.09. The van der Waals surface area contributed by atoms with Crippen LogP contribution in [0.4, 0.5) is 4.79 Å². The Balaban J connectivity index is 1.64. The minimum absolute atomic E-state index is 0.210. The maximum atomic E-state index is 11.7. The molecule has 0 radical (unpaired) electrons. The van der Waals surface area contributed by atoms with Crippen molar-refractivity contribution in [1.82, 2.24) is 30.8 Å². The van der Waals surface area contributed by atoms with Crippen molar-refractivity contribution >= 4 is 23.7 Å². The minimum atomic E-state index is -0.393. The van der Waals surface area contributed by atoms with E-state index in [1.54, 1.807) is 4.68 Å². The number of carbonyl (C=O) groups excluding carboxylic acids is 2. The Morgan fingerprint density at radius 1 is 1.38 bits per heavy atom. The summed E-state index contributed by atoms with van der Waals surface area (Å²) in [6, 6.07) is -0.184. The standard InChI is InChI=1S/C12H20N6O2S/c1-2-18-12(15-16-17-18)21-8-7-10(19)14-11(20)13-9-5-3-4-6-9/h9H,2-8H2,1H3,(H2,13,14,19,20). The summed E-state index contributed by atoms with van der Waals surface area (Å²) in [4.78, 5) is 23.3. The Hall–Kier alpha value is -1.64. The minimum Gasteiger partial charge on any atom is -0.335 e. The van der Waals surface area contributed by atoms with Crippen LogP contribution >= 0.6 is 11.8 Å². The highest BCUT2D eigenvalue weighted by molar-refractivity contribution is 7.99. The van der Waals surface area contributed by atoms with Crippen LogP contribution in [0.15, 0.2) is 5.16 Å². The van der Waals surface area contributed by atoms with Crippen LogP contribution in [0.2, 0.25) is 0 Å². The lowest BCUT2D eigenvalue weighted by atomic mass is 10.2. The monoisotopic (exact) mass is 312 g/mol. The van der Waals surface area contributed by atoms with Crippen LogP contribution in [-0.4, -0.2) is 43.9 Å².